The van der Waals surface area contributed by atoms with Crippen molar-refractivity contribution in [3.63, 3.8) is 0 Å². The molecular formula is C21H19ClFNO3. The van der Waals surface area contributed by atoms with Gasteiger partial charge in [0.1, 0.15) is 11.4 Å². The first kappa shape index (κ1) is 19.1. The Morgan fingerprint density at radius 2 is 1.89 bits per heavy atom. The Bertz CT molecular complexity index is 1070. The lowest BCUT2D eigenvalue weighted by Gasteiger charge is -2.17. The Labute approximate surface area is 161 Å². The van der Waals surface area contributed by atoms with Gasteiger partial charge >= 0.3 is 5.63 Å². The quantitative estimate of drug-likeness (QED) is 0.618. The Morgan fingerprint density at radius 1 is 1.15 bits per heavy atom. The third-order valence-electron chi connectivity index (χ3n) is 4.43. The molecule has 0 fully saturated rings. The minimum absolute atomic E-state index is 0.0309. The molecule has 2 aromatic carbocycles. The van der Waals surface area contributed by atoms with Crippen LogP contribution in [0.4, 0.5) is 4.39 Å². The zero-order chi connectivity index (χ0) is 19.7. The van der Waals surface area contributed by atoms with Crippen LogP contribution in [0.25, 0.3) is 22.1 Å². The Morgan fingerprint density at radius 3 is 2.56 bits per heavy atom. The molecule has 0 aliphatic heterocycles. The molecule has 0 aliphatic carbocycles. The van der Waals surface area contributed by atoms with Gasteiger partial charge in [0, 0.05) is 42.6 Å². The monoisotopic (exact) mass is 387 g/mol. The minimum atomic E-state index is -0.521. The van der Waals surface area contributed by atoms with Crippen LogP contribution < -0.4 is 5.63 Å². The summed E-state index contributed by atoms with van der Waals surface area (Å²) in [7, 11) is 3.44. The van der Waals surface area contributed by atoms with Crippen LogP contribution in [-0.2, 0) is 11.2 Å². The number of nitrogens with zero attached hydrogens (tertiary/aromatic N) is 1. The fourth-order valence-corrected chi connectivity index (χ4v) is 3.42. The van der Waals surface area contributed by atoms with Crippen molar-refractivity contribution in [2.75, 3.05) is 14.1 Å². The molecule has 1 atom stereocenters. The highest BCUT2D eigenvalue weighted by Crippen LogP contribution is 2.33. The van der Waals surface area contributed by atoms with Crippen molar-refractivity contribution in [3.05, 3.63) is 69.3 Å². The number of hydrogen-bond donors (Lipinski definition) is 0. The molecule has 1 heterocycles. The number of rotatable bonds is 4. The van der Waals surface area contributed by atoms with Crippen LogP contribution in [0.3, 0.4) is 0 Å². The second-order valence-electron chi connectivity index (χ2n) is 6.77. The molecular weight excluding hydrogens is 369 g/mol. The van der Waals surface area contributed by atoms with E-state index < -0.39 is 11.4 Å². The normalized spacial score (nSPS) is 12.2. The average Bonchev–Trinajstić information content (AvgIpc) is 2.60. The molecule has 0 saturated heterocycles. The van der Waals surface area contributed by atoms with Gasteiger partial charge in [0.25, 0.3) is 0 Å². The molecule has 0 radical (unpaired) electrons. The van der Waals surface area contributed by atoms with Crippen molar-refractivity contribution in [2.24, 2.45) is 5.92 Å². The fraction of sp³-hybridized carbons (Fsp3) is 0.238. The molecule has 0 saturated carbocycles. The highest BCUT2D eigenvalue weighted by molar-refractivity contribution is 6.33. The van der Waals surface area contributed by atoms with E-state index >= 15 is 0 Å². The molecule has 1 amide bonds. The zero-order valence-electron chi connectivity index (χ0n) is 15.3. The van der Waals surface area contributed by atoms with Crippen molar-refractivity contribution >= 4 is 28.5 Å². The highest BCUT2D eigenvalue weighted by atomic mass is 35.5. The summed E-state index contributed by atoms with van der Waals surface area (Å²) in [5.41, 5.74) is 1.90. The lowest BCUT2D eigenvalue weighted by Crippen LogP contribution is -2.29. The number of hydrogen-bond acceptors (Lipinski definition) is 3. The molecule has 0 N–H and O–H groups in total. The molecule has 3 aromatic rings. The van der Waals surface area contributed by atoms with E-state index in [1.807, 2.05) is 19.1 Å². The highest BCUT2D eigenvalue weighted by Gasteiger charge is 2.17. The maximum absolute atomic E-state index is 13.4. The van der Waals surface area contributed by atoms with Gasteiger partial charge in [-0.25, -0.2) is 9.18 Å². The van der Waals surface area contributed by atoms with E-state index in [9.17, 15) is 14.0 Å². The summed E-state index contributed by atoms with van der Waals surface area (Å²) < 4.78 is 18.7. The van der Waals surface area contributed by atoms with Crippen molar-refractivity contribution in [1.29, 1.82) is 0 Å². The lowest BCUT2D eigenvalue weighted by atomic mass is 9.96. The zero-order valence-corrected chi connectivity index (χ0v) is 16.0. The third kappa shape index (κ3) is 4.03. The second-order valence-corrected chi connectivity index (χ2v) is 7.18. The number of amides is 1. The van der Waals surface area contributed by atoms with Crippen LogP contribution in [0.15, 0.2) is 51.7 Å². The molecule has 1 unspecified atom stereocenters. The molecule has 140 valence electrons. The predicted molar refractivity (Wildman–Crippen MR) is 104 cm³/mol. The number of halogens is 2. The summed E-state index contributed by atoms with van der Waals surface area (Å²) in [5, 5.41) is 0.912. The molecule has 6 heteroatoms. The SMILES string of the molecule is CC(Cc1ccc2c(-c3ccc(F)cc3Cl)cc(=O)oc2c1)C(=O)N(C)C. The van der Waals surface area contributed by atoms with Gasteiger partial charge in [0.15, 0.2) is 0 Å². The summed E-state index contributed by atoms with van der Waals surface area (Å²) in [5.74, 6) is -0.611. The fourth-order valence-electron chi connectivity index (χ4n) is 3.15. The minimum Gasteiger partial charge on any atom is -0.423 e. The number of carbonyl (C=O) groups is 1. The van der Waals surface area contributed by atoms with Gasteiger partial charge in [0.05, 0.1) is 5.02 Å². The van der Waals surface area contributed by atoms with Crippen LogP contribution >= 0.6 is 11.6 Å². The molecule has 27 heavy (non-hydrogen) atoms. The van der Waals surface area contributed by atoms with Crippen molar-refractivity contribution in [3.8, 4) is 11.1 Å². The Balaban J connectivity index is 2.06. The standard InChI is InChI=1S/C21H19ClFNO3/c1-12(21(26)24(2)3)8-13-4-6-16-17(11-20(25)27-19(16)9-13)15-7-5-14(23)10-18(15)22/h4-7,9-12H,8H2,1-3H3. The van der Waals surface area contributed by atoms with Gasteiger partial charge in [-0.05, 0) is 36.2 Å². The topological polar surface area (TPSA) is 50.5 Å². The van der Waals surface area contributed by atoms with Crippen LogP contribution in [0.5, 0.6) is 0 Å². The number of fused-ring (bicyclic) bond motifs is 1. The third-order valence-corrected chi connectivity index (χ3v) is 4.75. The van der Waals surface area contributed by atoms with Crippen LogP contribution in [0.1, 0.15) is 12.5 Å². The van der Waals surface area contributed by atoms with Crippen molar-refractivity contribution in [2.45, 2.75) is 13.3 Å². The van der Waals surface area contributed by atoms with E-state index in [-0.39, 0.29) is 16.8 Å². The van der Waals surface area contributed by atoms with E-state index in [1.165, 1.54) is 24.3 Å². The van der Waals surface area contributed by atoms with Crippen molar-refractivity contribution < 1.29 is 13.6 Å². The predicted octanol–water partition coefficient (Wildman–Crippen LogP) is 4.52. The molecule has 3 rings (SSSR count). The second kappa shape index (κ2) is 7.53. The summed E-state index contributed by atoms with van der Waals surface area (Å²) >= 11 is 6.17. The van der Waals surface area contributed by atoms with Crippen LogP contribution in [0.2, 0.25) is 5.02 Å². The molecule has 0 bridgehead atoms. The first-order valence-electron chi connectivity index (χ1n) is 8.49. The van der Waals surface area contributed by atoms with Crippen LogP contribution in [-0.4, -0.2) is 24.9 Å². The number of carbonyl (C=O) groups excluding carboxylic acids is 1. The van der Waals surface area contributed by atoms with Crippen molar-refractivity contribution in [1.82, 2.24) is 4.90 Å². The van der Waals surface area contributed by atoms with E-state index in [2.05, 4.69) is 0 Å². The van der Waals surface area contributed by atoms with Gasteiger partial charge in [0.2, 0.25) is 5.91 Å². The summed E-state index contributed by atoms with van der Waals surface area (Å²) in [6.45, 7) is 1.86. The van der Waals surface area contributed by atoms with E-state index in [0.29, 0.717) is 28.5 Å². The van der Waals surface area contributed by atoms with Gasteiger partial charge < -0.3 is 9.32 Å². The average molecular weight is 388 g/mol. The first-order valence-corrected chi connectivity index (χ1v) is 8.87. The first-order chi connectivity index (χ1) is 12.8. The van der Waals surface area contributed by atoms with Gasteiger partial charge in [-0.3, -0.25) is 4.79 Å². The maximum Gasteiger partial charge on any atom is 0.336 e. The van der Waals surface area contributed by atoms with Crippen LogP contribution in [0, 0.1) is 11.7 Å². The maximum atomic E-state index is 13.4. The van der Waals surface area contributed by atoms with Gasteiger partial charge in [-0.2, -0.15) is 0 Å². The molecule has 0 aliphatic rings. The lowest BCUT2D eigenvalue weighted by molar-refractivity contribution is -0.132. The number of benzene rings is 2. The van der Waals surface area contributed by atoms with E-state index in [4.69, 9.17) is 16.0 Å². The Hall–Kier alpha value is -2.66. The summed E-state index contributed by atoms with van der Waals surface area (Å²) in [4.78, 5) is 25.7. The van der Waals surface area contributed by atoms with E-state index in [1.54, 1.807) is 25.1 Å². The Kier molecular flexibility index (Phi) is 5.33. The summed E-state index contributed by atoms with van der Waals surface area (Å²) in [6, 6.07) is 10.9. The molecule has 1 aromatic heterocycles. The molecule has 0 spiro atoms. The van der Waals surface area contributed by atoms with Gasteiger partial charge in [-0.1, -0.05) is 30.7 Å². The summed E-state index contributed by atoms with van der Waals surface area (Å²) in [6.07, 6.45) is 0.526. The smallest absolute Gasteiger partial charge is 0.336 e. The molecule has 4 nitrogen and oxygen atoms in total. The van der Waals surface area contributed by atoms with E-state index in [0.717, 1.165) is 5.56 Å². The largest absolute Gasteiger partial charge is 0.423 e. The van der Waals surface area contributed by atoms with Gasteiger partial charge in [-0.15, -0.1) is 0 Å².